The van der Waals surface area contributed by atoms with Gasteiger partial charge in [0.1, 0.15) is 0 Å². The third-order valence-corrected chi connectivity index (χ3v) is 6.63. The largest absolute Gasteiger partial charge is 0.504 e. The SMILES string of the molecule is C#C.C#C.C#C.C#C.C1CCCCC1.CCOc1c(O)cccc1[C@H]1CC[NH2+]C1.O=CN1CCCCC1.c1ccccc1. The molecule has 5 rings (SSSR count). The van der Waals surface area contributed by atoms with Crippen LogP contribution in [0.5, 0.6) is 11.5 Å². The number of hydrogen-bond acceptors (Lipinski definition) is 3. The zero-order valence-corrected chi connectivity index (χ0v) is 26.4. The van der Waals surface area contributed by atoms with Gasteiger partial charge in [-0.1, -0.05) is 87.1 Å². The molecule has 3 aliphatic rings. The molecule has 2 heterocycles. The van der Waals surface area contributed by atoms with Gasteiger partial charge in [-0.15, -0.1) is 51.4 Å². The van der Waals surface area contributed by atoms with E-state index in [9.17, 15) is 9.90 Å². The lowest BCUT2D eigenvalue weighted by Crippen LogP contribution is -2.81. The smallest absolute Gasteiger partial charge is 0.209 e. The second kappa shape index (κ2) is 35.7. The number of carbonyl (C=O) groups is 1. The number of nitrogens with two attached hydrogens (primary N) is 1. The van der Waals surface area contributed by atoms with Crippen LogP contribution >= 0.6 is 0 Å². The van der Waals surface area contributed by atoms with Crippen molar-refractivity contribution in [2.45, 2.75) is 77.0 Å². The van der Waals surface area contributed by atoms with Crippen LogP contribution in [-0.2, 0) is 4.79 Å². The van der Waals surface area contributed by atoms with E-state index < -0.39 is 0 Å². The number of piperidine rings is 1. The van der Waals surface area contributed by atoms with Crippen molar-refractivity contribution in [1.82, 2.24) is 4.90 Å². The quantitative estimate of drug-likeness (QED) is 0.317. The first kappa shape index (κ1) is 43.2. The number of carbonyl (C=O) groups excluding carboxylic acids is 1. The third-order valence-electron chi connectivity index (χ3n) is 6.63. The summed E-state index contributed by atoms with van der Waals surface area (Å²) in [7, 11) is 0. The van der Waals surface area contributed by atoms with Crippen molar-refractivity contribution in [2.24, 2.45) is 0 Å². The maximum atomic E-state index is 10.1. The molecule has 5 heteroatoms. The topological polar surface area (TPSA) is 66.4 Å². The highest BCUT2D eigenvalue weighted by Gasteiger charge is 2.24. The summed E-state index contributed by atoms with van der Waals surface area (Å²) >= 11 is 0. The Morgan fingerprint density at radius 2 is 1.21 bits per heavy atom. The van der Waals surface area contributed by atoms with E-state index in [2.05, 4.69) is 62.8 Å². The van der Waals surface area contributed by atoms with Gasteiger partial charge in [-0.05, 0) is 32.3 Å². The van der Waals surface area contributed by atoms with Crippen molar-refractivity contribution < 1.29 is 20.0 Å². The molecule has 0 unspecified atom stereocenters. The summed E-state index contributed by atoms with van der Waals surface area (Å²) in [6.07, 6.45) is 46.8. The Bertz CT molecular complexity index is 872. The van der Waals surface area contributed by atoms with E-state index in [1.807, 2.05) is 54.3 Å². The Morgan fingerprint density at radius 1 is 0.767 bits per heavy atom. The molecule has 1 atom stereocenters. The zero-order valence-electron chi connectivity index (χ0n) is 26.4. The molecular weight excluding hydrogens is 532 g/mol. The van der Waals surface area contributed by atoms with Crippen molar-refractivity contribution in [2.75, 3.05) is 32.8 Å². The number of amides is 1. The van der Waals surface area contributed by atoms with Gasteiger partial charge in [0.2, 0.25) is 6.41 Å². The minimum atomic E-state index is 0.265. The molecule has 1 amide bonds. The molecule has 0 aromatic heterocycles. The summed E-state index contributed by atoms with van der Waals surface area (Å²) < 4.78 is 5.52. The third kappa shape index (κ3) is 23.0. The molecule has 0 spiro atoms. The summed E-state index contributed by atoms with van der Waals surface area (Å²) in [4.78, 5) is 11.9. The van der Waals surface area contributed by atoms with Gasteiger partial charge in [-0.3, -0.25) is 4.79 Å². The molecule has 2 aliphatic heterocycles. The number of ether oxygens (including phenoxy) is 1. The van der Waals surface area contributed by atoms with E-state index in [0.717, 1.165) is 31.6 Å². The van der Waals surface area contributed by atoms with E-state index in [0.29, 0.717) is 18.3 Å². The van der Waals surface area contributed by atoms with E-state index in [-0.39, 0.29) is 5.75 Å². The number of phenols is 1. The average Bonchev–Trinajstić information content (AvgIpc) is 3.67. The molecule has 1 saturated carbocycles. The highest BCUT2D eigenvalue weighted by atomic mass is 16.5. The predicted octanol–water partition coefficient (Wildman–Crippen LogP) is 6.50. The van der Waals surface area contributed by atoms with E-state index >= 15 is 0 Å². The molecular formula is C38H55N2O3+. The lowest BCUT2D eigenvalue weighted by Gasteiger charge is -2.21. The van der Waals surface area contributed by atoms with E-state index in [1.165, 1.54) is 70.8 Å². The average molecular weight is 588 g/mol. The first-order valence-electron chi connectivity index (χ1n) is 15.0. The van der Waals surface area contributed by atoms with Gasteiger partial charge in [-0.25, -0.2) is 0 Å². The van der Waals surface area contributed by atoms with Crippen LogP contribution in [0.4, 0.5) is 0 Å². The number of aromatic hydroxyl groups is 1. The Balaban J connectivity index is -0.000000489. The van der Waals surface area contributed by atoms with Crippen LogP contribution in [0.15, 0.2) is 54.6 Å². The summed E-state index contributed by atoms with van der Waals surface area (Å²) in [5, 5.41) is 12.1. The Kier molecular flexibility index (Phi) is 35.9. The summed E-state index contributed by atoms with van der Waals surface area (Å²) in [6.45, 7) is 6.76. The lowest BCUT2D eigenvalue weighted by molar-refractivity contribution is -0.636. The van der Waals surface area contributed by atoms with Crippen molar-refractivity contribution in [1.29, 1.82) is 0 Å². The van der Waals surface area contributed by atoms with Crippen LogP contribution in [0.3, 0.4) is 0 Å². The highest BCUT2D eigenvalue weighted by Crippen LogP contribution is 2.36. The molecule has 1 aliphatic carbocycles. The first-order chi connectivity index (χ1) is 21.3. The fourth-order valence-corrected chi connectivity index (χ4v) is 4.67. The first-order valence-corrected chi connectivity index (χ1v) is 15.0. The second-order valence-electron chi connectivity index (χ2n) is 9.41. The Labute approximate surface area is 263 Å². The van der Waals surface area contributed by atoms with Crippen LogP contribution in [0.25, 0.3) is 0 Å². The molecule has 5 nitrogen and oxygen atoms in total. The number of benzene rings is 2. The maximum absolute atomic E-state index is 10.1. The summed E-state index contributed by atoms with van der Waals surface area (Å²) in [5.41, 5.74) is 1.16. The predicted molar refractivity (Wildman–Crippen MR) is 183 cm³/mol. The fraction of sp³-hybridized carbons (Fsp3) is 0.447. The molecule has 2 saturated heterocycles. The van der Waals surface area contributed by atoms with Gasteiger partial charge in [-0.2, -0.15) is 0 Å². The molecule has 3 fully saturated rings. The normalized spacial score (nSPS) is 15.7. The molecule has 234 valence electrons. The number of rotatable bonds is 4. The van der Waals surface area contributed by atoms with Gasteiger partial charge >= 0.3 is 0 Å². The number of phenolic OH excluding ortho intramolecular Hbond substituents is 1. The van der Waals surface area contributed by atoms with Gasteiger partial charge in [0.25, 0.3) is 0 Å². The number of likely N-dealkylation sites (tertiary alicyclic amines) is 1. The molecule has 0 radical (unpaired) electrons. The minimum absolute atomic E-state index is 0.265. The van der Waals surface area contributed by atoms with Crippen molar-refractivity contribution in [3.63, 3.8) is 0 Å². The summed E-state index contributed by atoms with van der Waals surface area (Å²) in [6, 6.07) is 17.6. The van der Waals surface area contributed by atoms with Crippen LogP contribution in [0.1, 0.15) is 82.6 Å². The van der Waals surface area contributed by atoms with Gasteiger partial charge < -0.3 is 20.1 Å². The minimum Gasteiger partial charge on any atom is -0.504 e. The number of para-hydroxylation sites is 1. The maximum Gasteiger partial charge on any atom is 0.209 e. The van der Waals surface area contributed by atoms with Crippen molar-refractivity contribution >= 4 is 6.41 Å². The van der Waals surface area contributed by atoms with Crippen LogP contribution in [0.2, 0.25) is 0 Å². The number of hydrogen-bond donors (Lipinski definition) is 2. The second-order valence-corrected chi connectivity index (χ2v) is 9.41. The van der Waals surface area contributed by atoms with Gasteiger partial charge in [0.05, 0.1) is 19.7 Å². The van der Waals surface area contributed by atoms with Crippen LogP contribution in [-0.4, -0.2) is 49.2 Å². The Hall–Kier alpha value is -4.29. The molecule has 43 heavy (non-hydrogen) atoms. The number of terminal acetylenes is 4. The molecule has 3 N–H and O–H groups in total. The van der Waals surface area contributed by atoms with Crippen molar-refractivity contribution in [3.8, 4) is 62.9 Å². The molecule has 0 bridgehead atoms. The Morgan fingerprint density at radius 3 is 1.56 bits per heavy atom. The van der Waals surface area contributed by atoms with Gasteiger partial charge in [0, 0.05) is 31.0 Å². The number of nitrogens with zero attached hydrogens (tertiary/aromatic N) is 1. The van der Waals surface area contributed by atoms with E-state index in [1.54, 1.807) is 6.07 Å². The monoisotopic (exact) mass is 587 g/mol. The van der Waals surface area contributed by atoms with E-state index in [4.69, 9.17) is 4.74 Å². The number of quaternary nitrogens is 1. The lowest BCUT2D eigenvalue weighted by atomic mass is 9.97. The zero-order chi connectivity index (χ0) is 33.0. The summed E-state index contributed by atoms with van der Waals surface area (Å²) in [5.74, 6) is 1.47. The molecule has 2 aromatic rings. The van der Waals surface area contributed by atoms with Crippen molar-refractivity contribution in [3.05, 3.63) is 60.2 Å². The fourth-order valence-electron chi connectivity index (χ4n) is 4.67. The molecule has 2 aromatic carbocycles. The van der Waals surface area contributed by atoms with Crippen LogP contribution in [0, 0.1) is 51.4 Å². The standard InChI is InChI=1S/C12H17NO2.C6H11NO.C6H12.C6H6.4C2H2/c1-2-15-12-10(4-3-5-11(12)14)9-6-7-13-8-9;8-6-7-4-2-1-3-5-7;2*1-2-4-6-5-3-1;4*1-2/h3-5,9,13-14H,2,6-8H2,1H3;6H,1-5H2;1-6H2;1-6H;4*1-2H/p+1/t9-;;;;;;;/m0......./s1. The van der Waals surface area contributed by atoms with Gasteiger partial charge in [0.15, 0.2) is 11.5 Å². The van der Waals surface area contributed by atoms with Crippen LogP contribution < -0.4 is 10.1 Å². The highest BCUT2D eigenvalue weighted by molar-refractivity contribution is 5.47.